The van der Waals surface area contributed by atoms with Gasteiger partial charge in [0.15, 0.2) is 11.6 Å². The van der Waals surface area contributed by atoms with Crippen LogP contribution < -0.4 is 10.9 Å². The minimum atomic E-state index is -0.821. The minimum absolute atomic E-state index is 0.00574. The van der Waals surface area contributed by atoms with E-state index in [1.54, 1.807) is 56.3 Å². The van der Waals surface area contributed by atoms with Crippen molar-refractivity contribution in [2.45, 2.75) is 13.8 Å². The van der Waals surface area contributed by atoms with Crippen molar-refractivity contribution in [2.24, 2.45) is 0 Å². The molecule has 2 aromatic carbocycles. The van der Waals surface area contributed by atoms with Crippen LogP contribution >= 0.6 is 0 Å². The zero-order valence-electron chi connectivity index (χ0n) is 19.2. The fourth-order valence-corrected chi connectivity index (χ4v) is 4.02. The first kappa shape index (κ1) is 22.9. The topological polar surface area (TPSA) is 102 Å². The highest BCUT2D eigenvalue weighted by Crippen LogP contribution is 2.25. The number of aromatic nitrogens is 3. The van der Waals surface area contributed by atoms with Crippen LogP contribution in [0, 0.1) is 25.5 Å². The molecule has 3 aromatic heterocycles. The van der Waals surface area contributed by atoms with Crippen LogP contribution in [-0.2, 0) is 0 Å². The molecule has 0 unspecified atom stereocenters. The number of rotatable bonds is 4. The Kier molecular flexibility index (Phi) is 5.77. The van der Waals surface area contributed by atoms with E-state index in [-0.39, 0.29) is 16.8 Å². The Hall–Kier alpha value is -4.86. The van der Waals surface area contributed by atoms with Gasteiger partial charge in [-0.2, -0.15) is 5.10 Å². The molecule has 0 aliphatic carbocycles. The number of fused-ring (bicyclic) bond motifs is 1. The summed E-state index contributed by atoms with van der Waals surface area (Å²) in [4.78, 5) is 30.6. The van der Waals surface area contributed by atoms with Crippen molar-refractivity contribution in [3.63, 3.8) is 0 Å². The molecule has 0 radical (unpaired) electrons. The van der Waals surface area contributed by atoms with Crippen LogP contribution in [0.2, 0.25) is 0 Å². The largest absolute Gasteiger partial charge is 0.463 e. The lowest BCUT2D eigenvalue weighted by Crippen LogP contribution is -2.42. The first-order valence-corrected chi connectivity index (χ1v) is 10.9. The van der Waals surface area contributed by atoms with E-state index in [1.807, 2.05) is 0 Å². The number of hydrogen-bond acceptors (Lipinski definition) is 5. The van der Waals surface area contributed by atoms with Gasteiger partial charge in [0.1, 0.15) is 17.2 Å². The Labute approximate surface area is 203 Å². The summed E-state index contributed by atoms with van der Waals surface area (Å²) in [5.74, 6) is -2.26. The zero-order valence-corrected chi connectivity index (χ0v) is 19.2. The van der Waals surface area contributed by atoms with Gasteiger partial charge in [-0.25, -0.2) is 18.4 Å². The maximum absolute atomic E-state index is 14.3. The van der Waals surface area contributed by atoms with Gasteiger partial charge in [0.25, 0.3) is 11.8 Å². The van der Waals surface area contributed by atoms with Gasteiger partial charge < -0.3 is 4.42 Å². The number of hydrogen-bond donors (Lipinski definition) is 2. The Bertz CT molecular complexity index is 1630. The second-order valence-electron chi connectivity index (χ2n) is 8.01. The normalized spacial score (nSPS) is 11.0. The summed E-state index contributed by atoms with van der Waals surface area (Å²) in [5.41, 5.74) is 6.91. The summed E-state index contributed by atoms with van der Waals surface area (Å²) in [6.07, 6.45) is 1.51. The number of amides is 2. The Morgan fingerprint density at radius 3 is 2.47 bits per heavy atom. The number of carbonyl (C=O) groups is 2. The predicted octanol–water partition coefficient (Wildman–Crippen LogP) is 4.65. The van der Waals surface area contributed by atoms with Crippen LogP contribution in [0.25, 0.3) is 28.0 Å². The second kappa shape index (κ2) is 9.06. The number of carbonyl (C=O) groups excluding carboxylic acids is 2. The number of nitrogens with one attached hydrogen (secondary N) is 2. The van der Waals surface area contributed by atoms with Gasteiger partial charge in [0.05, 0.1) is 34.3 Å². The average molecular weight is 487 g/mol. The molecule has 0 spiro atoms. The quantitative estimate of drug-likeness (QED) is 0.360. The van der Waals surface area contributed by atoms with Crippen LogP contribution in [0.3, 0.4) is 0 Å². The number of halogens is 2. The van der Waals surface area contributed by atoms with E-state index in [0.29, 0.717) is 33.7 Å². The molecule has 2 amide bonds. The van der Waals surface area contributed by atoms with Gasteiger partial charge in [-0.3, -0.25) is 20.4 Å². The molecular formula is C26H19F2N5O3. The van der Waals surface area contributed by atoms with Gasteiger partial charge in [0, 0.05) is 11.5 Å². The van der Waals surface area contributed by atoms with Gasteiger partial charge in [0.2, 0.25) is 0 Å². The monoisotopic (exact) mass is 487 g/mol. The standard InChI is InChI=1S/C26H19F2N5O3/c1-14-24(15(2)33(32-14)22-10-9-16(27)12-19(22)28)26(35)31-30-25(34)18-13-21(23-8-5-11-36-23)29-20-7-4-3-6-17(18)20/h3-13H,1-2H3,(H,30,34)(H,31,35). The molecule has 5 aromatic rings. The summed E-state index contributed by atoms with van der Waals surface area (Å²) >= 11 is 0. The molecule has 0 aliphatic heterocycles. The van der Waals surface area contributed by atoms with Crippen molar-refractivity contribution < 1.29 is 22.8 Å². The van der Waals surface area contributed by atoms with Crippen LogP contribution in [0.4, 0.5) is 8.78 Å². The fraction of sp³-hybridized carbons (Fsp3) is 0.0769. The van der Waals surface area contributed by atoms with E-state index in [1.165, 1.54) is 17.0 Å². The summed E-state index contributed by atoms with van der Waals surface area (Å²) in [6, 6.07) is 15.2. The molecule has 10 heteroatoms. The SMILES string of the molecule is Cc1nn(-c2ccc(F)cc2F)c(C)c1C(=O)NNC(=O)c1cc(-c2ccco2)nc2ccccc12. The predicted molar refractivity (Wildman–Crippen MR) is 127 cm³/mol. The van der Waals surface area contributed by atoms with Crippen LogP contribution in [0.5, 0.6) is 0 Å². The third-order valence-corrected chi connectivity index (χ3v) is 5.68. The number of hydrazine groups is 1. The van der Waals surface area contributed by atoms with Gasteiger partial charge in [-0.05, 0) is 50.2 Å². The molecule has 0 bridgehead atoms. The first-order valence-electron chi connectivity index (χ1n) is 10.9. The molecule has 0 atom stereocenters. The van der Waals surface area contributed by atoms with Gasteiger partial charge >= 0.3 is 0 Å². The Balaban J connectivity index is 1.41. The molecular weight excluding hydrogens is 468 g/mol. The number of nitrogens with zero attached hydrogens (tertiary/aromatic N) is 3. The van der Waals surface area contributed by atoms with Gasteiger partial charge in [-0.15, -0.1) is 0 Å². The molecule has 0 saturated heterocycles. The summed E-state index contributed by atoms with van der Waals surface area (Å²) in [5, 5.41) is 4.81. The highest BCUT2D eigenvalue weighted by molar-refractivity contribution is 6.08. The van der Waals surface area contributed by atoms with Crippen molar-refractivity contribution in [3.8, 4) is 17.1 Å². The highest BCUT2D eigenvalue weighted by Gasteiger charge is 2.22. The van der Waals surface area contributed by atoms with Crippen LogP contribution in [0.15, 0.2) is 71.3 Å². The average Bonchev–Trinajstić information content (AvgIpc) is 3.50. The van der Waals surface area contributed by atoms with E-state index in [4.69, 9.17) is 4.42 Å². The van der Waals surface area contributed by atoms with E-state index in [0.717, 1.165) is 12.1 Å². The van der Waals surface area contributed by atoms with E-state index in [9.17, 15) is 18.4 Å². The molecule has 8 nitrogen and oxygen atoms in total. The van der Waals surface area contributed by atoms with Gasteiger partial charge in [-0.1, -0.05) is 18.2 Å². The zero-order chi connectivity index (χ0) is 25.4. The molecule has 36 heavy (non-hydrogen) atoms. The third kappa shape index (κ3) is 4.09. The maximum atomic E-state index is 14.3. The van der Waals surface area contributed by atoms with Crippen molar-refractivity contribution in [1.82, 2.24) is 25.6 Å². The Morgan fingerprint density at radius 1 is 0.944 bits per heavy atom. The molecule has 180 valence electrons. The number of aryl methyl sites for hydroxylation is 1. The molecule has 0 saturated carbocycles. The maximum Gasteiger partial charge on any atom is 0.273 e. The van der Waals surface area contributed by atoms with Crippen LogP contribution in [0.1, 0.15) is 32.1 Å². The minimum Gasteiger partial charge on any atom is -0.463 e. The lowest BCUT2D eigenvalue weighted by atomic mass is 10.1. The highest BCUT2D eigenvalue weighted by atomic mass is 19.1. The molecule has 0 aliphatic rings. The van der Waals surface area contributed by atoms with Crippen LogP contribution in [-0.4, -0.2) is 26.6 Å². The lowest BCUT2D eigenvalue weighted by molar-refractivity contribution is 0.0846. The number of pyridine rings is 1. The van der Waals surface area contributed by atoms with Crippen molar-refractivity contribution in [3.05, 3.63) is 101 Å². The molecule has 3 heterocycles. The van der Waals surface area contributed by atoms with Crippen molar-refractivity contribution in [2.75, 3.05) is 0 Å². The summed E-state index contributed by atoms with van der Waals surface area (Å²) in [6.45, 7) is 3.15. The smallest absolute Gasteiger partial charge is 0.273 e. The van der Waals surface area contributed by atoms with Crippen molar-refractivity contribution in [1.29, 1.82) is 0 Å². The number of para-hydroxylation sites is 1. The Morgan fingerprint density at radius 2 is 1.72 bits per heavy atom. The fourth-order valence-electron chi connectivity index (χ4n) is 4.02. The second-order valence-corrected chi connectivity index (χ2v) is 8.01. The van der Waals surface area contributed by atoms with E-state index < -0.39 is 23.4 Å². The molecule has 5 rings (SSSR count). The van der Waals surface area contributed by atoms with E-state index >= 15 is 0 Å². The van der Waals surface area contributed by atoms with E-state index in [2.05, 4.69) is 20.9 Å². The van der Waals surface area contributed by atoms with Crippen molar-refractivity contribution >= 4 is 22.7 Å². The lowest BCUT2D eigenvalue weighted by Gasteiger charge is -2.11. The third-order valence-electron chi connectivity index (χ3n) is 5.68. The molecule has 0 fully saturated rings. The number of benzene rings is 2. The first-order chi connectivity index (χ1) is 17.3. The molecule has 2 N–H and O–H groups in total. The summed E-state index contributed by atoms with van der Waals surface area (Å²) in [7, 11) is 0. The summed E-state index contributed by atoms with van der Waals surface area (Å²) < 4.78 is 34.2. The number of furan rings is 1.